The summed E-state index contributed by atoms with van der Waals surface area (Å²) in [5.74, 6) is 0. The van der Waals surface area contributed by atoms with Gasteiger partial charge in [-0.15, -0.1) is 0 Å². The molecule has 3 unspecified atom stereocenters. The second-order valence-electron chi connectivity index (χ2n) is 5.44. The first-order valence-electron chi connectivity index (χ1n) is 6.42. The Morgan fingerprint density at radius 2 is 2.07 bits per heavy atom. The van der Waals surface area contributed by atoms with Gasteiger partial charge >= 0.3 is 0 Å². The van der Waals surface area contributed by atoms with E-state index >= 15 is 0 Å². The van der Waals surface area contributed by atoms with Crippen molar-refractivity contribution in [3.05, 3.63) is 0 Å². The molecule has 0 aromatic rings. The molecule has 15 heavy (non-hydrogen) atoms. The van der Waals surface area contributed by atoms with E-state index in [1.165, 1.54) is 32.2 Å². The molecule has 3 aliphatic rings. The molecule has 0 radical (unpaired) electrons. The van der Waals surface area contributed by atoms with Crippen molar-refractivity contribution in [3.8, 4) is 0 Å². The van der Waals surface area contributed by atoms with Crippen molar-refractivity contribution in [2.75, 3.05) is 19.8 Å². The third-order valence-corrected chi connectivity index (χ3v) is 4.04. The van der Waals surface area contributed by atoms with Gasteiger partial charge in [0, 0.05) is 37.3 Å². The van der Waals surface area contributed by atoms with Crippen LogP contribution in [-0.4, -0.2) is 48.8 Å². The van der Waals surface area contributed by atoms with Crippen LogP contribution < -0.4 is 5.32 Å². The van der Waals surface area contributed by atoms with Gasteiger partial charge in [0.25, 0.3) is 0 Å². The van der Waals surface area contributed by atoms with Gasteiger partial charge < -0.3 is 10.1 Å². The Balaban J connectivity index is 1.50. The Bertz CT molecular complexity index is 222. The Kier molecular flexibility index (Phi) is 2.71. The quantitative estimate of drug-likeness (QED) is 0.752. The van der Waals surface area contributed by atoms with Crippen LogP contribution in [0.4, 0.5) is 0 Å². The zero-order chi connectivity index (χ0) is 10.3. The summed E-state index contributed by atoms with van der Waals surface area (Å²) in [6, 6.07) is 3.05. The van der Waals surface area contributed by atoms with E-state index in [2.05, 4.69) is 17.1 Å². The number of ether oxygens (including phenoxy) is 1. The van der Waals surface area contributed by atoms with Gasteiger partial charge in [-0.05, 0) is 32.6 Å². The van der Waals surface area contributed by atoms with Crippen LogP contribution in [0, 0.1) is 0 Å². The van der Waals surface area contributed by atoms with Crippen molar-refractivity contribution in [3.63, 3.8) is 0 Å². The molecule has 2 heterocycles. The van der Waals surface area contributed by atoms with Gasteiger partial charge in [0.1, 0.15) is 0 Å². The summed E-state index contributed by atoms with van der Waals surface area (Å²) in [6.07, 6.45) is 5.40. The molecule has 1 saturated carbocycles. The average Bonchev–Trinajstić information content (AvgIpc) is 2.81. The van der Waals surface area contributed by atoms with E-state index in [9.17, 15) is 0 Å². The molecule has 2 saturated heterocycles. The number of hydrogen-bond donors (Lipinski definition) is 1. The van der Waals surface area contributed by atoms with Crippen molar-refractivity contribution in [2.45, 2.75) is 56.8 Å². The molecule has 3 heteroatoms. The molecule has 3 fully saturated rings. The fraction of sp³-hybridized carbons (Fsp3) is 1.00. The third-order valence-electron chi connectivity index (χ3n) is 4.04. The molecule has 3 rings (SSSR count). The van der Waals surface area contributed by atoms with Crippen molar-refractivity contribution in [1.82, 2.24) is 10.2 Å². The minimum absolute atomic E-state index is 0.626. The van der Waals surface area contributed by atoms with E-state index in [0.717, 1.165) is 25.3 Å². The number of nitrogens with one attached hydrogen (secondary N) is 1. The highest BCUT2D eigenvalue weighted by Crippen LogP contribution is 2.33. The highest BCUT2D eigenvalue weighted by Gasteiger charge is 2.39. The fourth-order valence-corrected chi connectivity index (χ4v) is 3.09. The molecule has 0 aromatic heterocycles. The SMILES string of the molecule is CC1CC(NC2CCOC2)CN1C1CC1. The summed E-state index contributed by atoms with van der Waals surface area (Å²) in [6.45, 7) is 5.52. The lowest BCUT2D eigenvalue weighted by Gasteiger charge is -2.20. The molecule has 0 aromatic carbocycles. The average molecular weight is 210 g/mol. The Labute approximate surface area is 92.2 Å². The maximum absolute atomic E-state index is 5.40. The van der Waals surface area contributed by atoms with E-state index < -0.39 is 0 Å². The monoisotopic (exact) mass is 210 g/mol. The summed E-state index contributed by atoms with van der Waals surface area (Å²) in [5, 5.41) is 3.75. The number of hydrogen-bond acceptors (Lipinski definition) is 3. The Morgan fingerprint density at radius 3 is 2.73 bits per heavy atom. The molecule has 0 amide bonds. The predicted octanol–water partition coefficient (Wildman–Crippen LogP) is 0.990. The number of likely N-dealkylation sites (tertiary alicyclic amines) is 1. The van der Waals surface area contributed by atoms with Crippen LogP contribution in [0.1, 0.15) is 32.6 Å². The third kappa shape index (κ3) is 2.19. The minimum atomic E-state index is 0.626. The highest BCUT2D eigenvalue weighted by atomic mass is 16.5. The molecule has 86 valence electrons. The predicted molar refractivity (Wildman–Crippen MR) is 60.0 cm³/mol. The van der Waals surface area contributed by atoms with Gasteiger partial charge in [-0.25, -0.2) is 0 Å². The summed E-state index contributed by atoms with van der Waals surface area (Å²) < 4.78 is 5.40. The fourth-order valence-electron chi connectivity index (χ4n) is 3.09. The molecule has 3 atom stereocenters. The summed E-state index contributed by atoms with van der Waals surface area (Å²) in [5.41, 5.74) is 0. The molecule has 0 spiro atoms. The molecular formula is C12H22N2O. The number of rotatable bonds is 3. The Morgan fingerprint density at radius 1 is 1.20 bits per heavy atom. The van der Waals surface area contributed by atoms with Crippen molar-refractivity contribution in [1.29, 1.82) is 0 Å². The smallest absolute Gasteiger partial charge is 0.0620 e. The van der Waals surface area contributed by atoms with Crippen LogP contribution in [0.5, 0.6) is 0 Å². The highest BCUT2D eigenvalue weighted by molar-refractivity contribution is 4.96. The largest absolute Gasteiger partial charge is 0.380 e. The molecule has 2 aliphatic heterocycles. The Hall–Kier alpha value is -0.120. The summed E-state index contributed by atoms with van der Waals surface area (Å²) in [4.78, 5) is 2.70. The second-order valence-corrected chi connectivity index (χ2v) is 5.44. The maximum Gasteiger partial charge on any atom is 0.0620 e. The topological polar surface area (TPSA) is 24.5 Å². The number of nitrogens with zero attached hydrogens (tertiary/aromatic N) is 1. The molecule has 1 aliphatic carbocycles. The zero-order valence-electron chi connectivity index (χ0n) is 9.61. The van der Waals surface area contributed by atoms with Crippen LogP contribution in [0.25, 0.3) is 0 Å². The van der Waals surface area contributed by atoms with E-state index in [-0.39, 0.29) is 0 Å². The molecule has 3 nitrogen and oxygen atoms in total. The molecular weight excluding hydrogens is 188 g/mol. The van der Waals surface area contributed by atoms with Crippen molar-refractivity contribution >= 4 is 0 Å². The first kappa shape index (κ1) is 10.1. The van der Waals surface area contributed by atoms with E-state index in [1.54, 1.807) is 0 Å². The van der Waals surface area contributed by atoms with Crippen molar-refractivity contribution < 1.29 is 4.74 Å². The van der Waals surface area contributed by atoms with Gasteiger partial charge in [0.05, 0.1) is 6.61 Å². The zero-order valence-corrected chi connectivity index (χ0v) is 9.61. The lowest BCUT2D eigenvalue weighted by molar-refractivity contribution is 0.187. The van der Waals surface area contributed by atoms with Crippen LogP contribution in [-0.2, 0) is 4.74 Å². The first-order valence-corrected chi connectivity index (χ1v) is 6.42. The molecule has 0 bridgehead atoms. The lowest BCUT2D eigenvalue weighted by Crippen LogP contribution is -2.40. The first-order chi connectivity index (χ1) is 7.33. The maximum atomic E-state index is 5.40. The van der Waals surface area contributed by atoms with Crippen LogP contribution in [0.15, 0.2) is 0 Å². The van der Waals surface area contributed by atoms with E-state index in [0.29, 0.717) is 12.1 Å². The van der Waals surface area contributed by atoms with Crippen LogP contribution >= 0.6 is 0 Å². The van der Waals surface area contributed by atoms with Gasteiger partial charge in [0.15, 0.2) is 0 Å². The summed E-state index contributed by atoms with van der Waals surface area (Å²) >= 11 is 0. The van der Waals surface area contributed by atoms with Gasteiger partial charge in [-0.1, -0.05) is 0 Å². The van der Waals surface area contributed by atoms with Crippen molar-refractivity contribution in [2.24, 2.45) is 0 Å². The van der Waals surface area contributed by atoms with Crippen LogP contribution in [0.3, 0.4) is 0 Å². The summed E-state index contributed by atoms with van der Waals surface area (Å²) in [7, 11) is 0. The second kappa shape index (κ2) is 4.04. The van der Waals surface area contributed by atoms with Gasteiger partial charge in [-0.3, -0.25) is 4.90 Å². The minimum Gasteiger partial charge on any atom is -0.380 e. The lowest BCUT2D eigenvalue weighted by atomic mass is 10.1. The van der Waals surface area contributed by atoms with E-state index in [4.69, 9.17) is 4.74 Å². The van der Waals surface area contributed by atoms with Gasteiger partial charge in [-0.2, -0.15) is 0 Å². The van der Waals surface area contributed by atoms with Crippen LogP contribution in [0.2, 0.25) is 0 Å². The van der Waals surface area contributed by atoms with E-state index in [1.807, 2.05) is 0 Å². The molecule has 1 N–H and O–H groups in total. The standard InChI is InChI=1S/C12H22N2O/c1-9-6-11(7-14(9)12-2-3-12)13-10-4-5-15-8-10/h9-13H,2-8H2,1H3. The van der Waals surface area contributed by atoms with Gasteiger partial charge in [0.2, 0.25) is 0 Å². The normalized spacial score (nSPS) is 42.6.